The Morgan fingerprint density at radius 1 is 1.21 bits per heavy atom. The Morgan fingerprint density at radius 3 is 2.67 bits per heavy atom. The number of halogens is 2. The summed E-state index contributed by atoms with van der Waals surface area (Å²) in [5.74, 6) is -3.42. The number of aromatic amines is 1. The van der Waals surface area contributed by atoms with Crippen LogP contribution < -0.4 is 16.6 Å². The molecule has 24 heavy (non-hydrogen) atoms. The molecule has 0 spiro atoms. The van der Waals surface area contributed by atoms with Gasteiger partial charge in [-0.05, 0) is 12.1 Å². The van der Waals surface area contributed by atoms with Crippen LogP contribution in [-0.4, -0.2) is 28.0 Å². The molecule has 1 amide bonds. The number of carbonyl (C=O) groups is 2. The van der Waals surface area contributed by atoms with E-state index < -0.39 is 53.6 Å². The number of aromatic nitrogens is 2. The van der Waals surface area contributed by atoms with Gasteiger partial charge in [-0.25, -0.2) is 13.6 Å². The van der Waals surface area contributed by atoms with E-state index in [1.54, 1.807) is 0 Å². The standard InChI is InChI=1S/C14H11F2N3O5/c15-8-1-2-9(16)10(5-8)17-12(21)7-24-13(22)6-19-4-3-11(20)18-14(19)23/h1-5H,6-7H2,(H,17,21)(H,18,20,23). The van der Waals surface area contributed by atoms with Crippen molar-refractivity contribution >= 4 is 17.6 Å². The zero-order valence-electron chi connectivity index (χ0n) is 12.0. The van der Waals surface area contributed by atoms with Gasteiger partial charge in [0, 0.05) is 18.3 Å². The zero-order valence-corrected chi connectivity index (χ0v) is 12.0. The summed E-state index contributed by atoms with van der Waals surface area (Å²) in [5, 5.41) is 2.04. The quantitative estimate of drug-likeness (QED) is 0.745. The molecule has 0 aliphatic rings. The van der Waals surface area contributed by atoms with E-state index in [4.69, 9.17) is 0 Å². The zero-order chi connectivity index (χ0) is 17.7. The van der Waals surface area contributed by atoms with Crippen molar-refractivity contribution in [3.05, 3.63) is 62.9 Å². The second kappa shape index (κ2) is 7.31. The minimum Gasteiger partial charge on any atom is -0.454 e. The molecule has 0 radical (unpaired) electrons. The number of esters is 1. The third kappa shape index (κ3) is 4.60. The summed E-state index contributed by atoms with van der Waals surface area (Å²) >= 11 is 0. The number of H-pyrrole nitrogens is 1. The molecule has 1 heterocycles. The average molecular weight is 339 g/mol. The molecule has 0 fully saturated rings. The van der Waals surface area contributed by atoms with Crippen molar-refractivity contribution in [3.8, 4) is 0 Å². The van der Waals surface area contributed by atoms with Gasteiger partial charge in [-0.1, -0.05) is 0 Å². The summed E-state index contributed by atoms with van der Waals surface area (Å²) in [7, 11) is 0. The van der Waals surface area contributed by atoms with Crippen molar-refractivity contribution < 1.29 is 23.1 Å². The predicted octanol–water partition coefficient (Wildman–Crippen LogP) is -0.00330. The van der Waals surface area contributed by atoms with Gasteiger partial charge in [0.1, 0.15) is 18.2 Å². The highest BCUT2D eigenvalue weighted by Gasteiger charge is 2.12. The monoisotopic (exact) mass is 339 g/mol. The highest BCUT2D eigenvalue weighted by atomic mass is 19.1. The first-order valence-electron chi connectivity index (χ1n) is 6.55. The molecule has 1 aromatic heterocycles. The van der Waals surface area contributed by atoms with Crippen LogP contribution in [-0.2, 0) is 20.9 Å². The van der Waals surface area contributed by atoms with Crippen LogP contribution in [0.1, 0.15) is 0 Å². The van der Waals surface area contributed by atoms with Crippen molar-refractivity contribution in [3.63, 3.8) is 0 Å². The number of rotatable bonds is 5. The van der Waals surface area contributed by atoms with Crippen molar-refractivity contribution in [1.29, 1.82) is 0 Å². The minimum absolute atomic E-state index is 0.395. The summed E-state index contributed by atoms with van der Waals surface area (Å²) in [6.45, 7) is -1.29. The number of ether oxygens (including phenoxy) is 1. The fraction of sp³-hybridized carbons (Fsp3) is 0.143. The summed E-state index contributed by atoms with van der Waals surface area (Å²) in [6, 6.07) is 3.52. The molecular weight excluding hydrogens is 328 g/mol. The fourth-order valence-electron chi connectivity index (χ4n) is 1.68. The van der Waals surface area contributed by atoms with Gasteiger partial charge in [-0.15, -0.1) is 0 Å². The molecule has 2 rings (SSSR count). The van der Waals surface area contributed by atoms with Gasteiger partial charge in [0.15, 0.2) is 6.61 Å². The molecule has 2 aromatic rings. The van der Waals surface area contributed by atoms with Gasteiger partial charge >= 0.3 is 11.7 Å². The number of anilines is 1. The fourth-order valence-corrected chi connectivity index (χ4v) is 1.68. The maximum absolute atomic E-state index is 13.3. The van der Waals surface area contributed by atoms with E-state index >= 15 is 0 Å². The Balaban J connectivity index is 1.89. The van der Waals surface area contributed by atoms with Crippen LogP contribution >= 0.6 is 0 Å². The molecule has 0 aliphatic heterocycles. The van der Waals surface area contributed by atoms with Crippen molar-refractivity contribution in [2.75, 3.05) is 11.9 Å². The SMILES string of the molecule is O=C(COC(=O)Cn1ccc(=O)[nH]c1=O)Nc1cc(F)ccc1F. The Labute approximate surface area is 132 Å². The lowest BCUT2D eigenvalue weighted by molar-refractivity contribution is -0.148. The van der Waals surface area contributed by atoms with Crippen LogP contribution in [0.15, 0.2) is 40.1 Å². The highest BCUT2D eigenvalue weighted by Crippen LogP contribution is 2.14. The largest absolute Gasteiger partial charge is 0.454 e. The number of hydrogen-bond donors (Lipinski definition) is 2. The number of carbonyl (C=O) groups excluding carboxylic acids is 2. The first-order valence-corrected chi connectivity index (χ1v) is 6.55. The highest BCUT2D eigenvalue weighted by molar-refractivity contribution is 5.92. The average Bonchev–Trinajstić information content (AvgIpc) is 2.52. The second-order valence-corrected chi connectivity index (χ2v) is 4.57. The van der Waals surface area contributed by atoms with Gasteiger partial charge in [0.25, 0.3) is 11.5 Å². The van der Waals surface area contributed by atoms with E-state index in [0.29, 0.717) is 0 Å². The van der Waals surface area contributed by atoms with E-state index in [1.807, 2.05) is 10.3 Å². The number of hydrogen-bond acceptors (Lipinski definition) is 5. The second-order valence-electron chi connectivity index (χ2n) is 4.57. The normalized spacial score (nSPS) is 10.2. The van der Waals surface area contributed by atoms with Gasteiger partial charge in [0.2, 0.25) is 0 Å². The molecule has 1 aromatic carbocycles. The first-order chi connectivity index (χ1) is 11.3. The third-order valence-electron chi connectivity index (χ3n) is 2.76. The molecule has 0 unspecified atom stereocenters. The lowest BCUT2D eigenvalue weighted by Gasteiger charge is -2.08. The van der Waals surface area contributed by atoms with Gasteiger partial charge in [0.05, 0.1) is 5.69 Å². The van der Waals surface area contributed by atoms with Crippen LogP contribution in [0.3, 0.4) is 0 Å². The maximum Gasteiger partial charge on any atom is 0.328 e. The Bertz CT molecular complexity index is 890. The van der Waals surface area contributed by atoms with Crippen molar-refractivity contribution in [2.45, 2.75) is 6.54 Å². The summed E-state index contributed by atoms with van der Waals surface area (Å²) in [5.41, 5.74) is -1.83. The van der Waals surface area contributed by atoms with Crippen molar-refractivity contribution in [1.82, 2.24) is 9.55 Å². The number of nitrogens with zero attached hydrogens (tertiary/aromatic N) is 1. The minimum atomic E-state index is -0.931. The maximum atomic E-state index is 13.3. The molecule has 0 saturated carbocycles. The van der Waals surface area contributed by atoms with Gasteiger partial charge in [-0.2, -0.15) is 0 Å². The van der Waals surface area contributed by atoms with E-state index in [9.17, 15) is 28.0 Å². The Kier molecular flexibility index (Phi) is 5.20. The molecule has 0 saturated heterocycles. The van der Waals surface area contributed by atoms with Crippen LogP contribution in [0.4, 0.5) is 14.5 Å². The molecular formula is C14H11F2N3O5. The molecule has 10 heteroatoms. The predicted molar refractivity (Wildman–Crippen MR) is 77.3 cm³/mol. The Hall–Kier alpha value is -3.30. The summed E-state index contributed by atoms with van der Waals surface area (Å²) < 4.78 is 31.8. The van der Waals surface area contributed by atoms with Gasteiger partial charge in [-0.3, -0.25) is 23.9 Å². The lowest BCUT2D eigenvalue weighted by Crippen LogP contribution is -2.32. The van der Waals surface area contributed by atoms with Crippen LogP contribution in [0.2, 0.25) is 0 Å². The molecule has 2 N–H and O–H groups in total. The number of benzene rings is 1. The topological polar surface area (TPSA) is 110 Å². The van der Waals surface area contributed by atoms with E-state index in [0.717, 1.165) is 35.0 Å². The van der Waals surface area contributed by atoms with Crippen molar-refractivity contribution in [2.24, 2.45) is 0 Å². The first kappa shape index (κ1) is 17.1. The van der Waals surface area contributed by atoms with Crippen LogP contribution in [0.5, 0.6) is 0 Å². The summed E-state index contributed by atoms with van der Waals surface area (Å²) in [6.07, 6.45) is 1.09. The smallest absolute Gasteiger partial charge is 0.328 e. The number of nitrogens with one attached hydrogen (secondary N) is 2. The molecule has 8 nitrogen and oxygen atoms in total. The molecule has 0 aliphatic carbocycles. The van der Waals surface area contributed by atoms with E-state index in [2.05, 4.69) is 4.74 Å². The van der Waals surface area contributed by atoms with E-state index in [1.165, 1.54) is 0 Å². The van der Waals surface area contributed by atoms with Crippen LogP contribution in [0, 0.1) is 11.6 Å². The molecule has 0 atom stereocenters. The Morgan fingerprint density at radius 2 is 1.96 bits per heavy atom. The van der Waals surface area contributed by atoms with Gasteiger partial charge < -0.3 is 10.1 Å². The molecule has 126 valence electrons. The molecule has 0 bridgehead atoms. The van der Waals surface area contributed by atoms with E-state index in [-0.39, 0.29) is 0 Å². The lowest BCUT2D eigenvalue weighted by atomic mass is 10.3. The van der Waals surface area contributed by atoms with Crippen LogP contribution in [0.25, 0.3) is 0 Å². The third-order valence-corrected chi connectivity index (χ3v) is 2.76. The number of amides is 1. The summed E-state index contributed by atoms with van der Waals surface area (Å²) in [4.78, 5) is 47.3.